The summed E-state index contributed by atoms with van der Waals surface area (Å²) in [6.45, 7) is 0. The van der Waals surface area contributed by atoms with Crippen LogP contribution in [0.1, 0.15) is 6.42 Å². The predicted octanol–water partition coefficient (Wildman–Crippen LogP) is 2.79. The van der Waals surface area contributed by atoms with Crippen LogP contribution in [0, 0.1) is 5.92 Å². The van der Waals surface area contributed by atoms with Crippen LogP contribution in [-0.2, 0) is 4.79 Å². The fourth-order valence-corrected chi connectivity index (χ4v) is 2.01. The van der Waals surface area contributed by atoms with Gasteiger partial charge in [-0.05, 0) is 29.8 Å². The fraction of sp³-hybridized carbons (Fsp3) is 0.231. The standard InChI is InChI=1S/C13H9ClF2N4O/c14-12-18-4-2-9(19-12)7-1-3-17-10(5-7)20-11(21)8-6-13(8,15)16/h1-5,8H,6H2,(H,17,20,21). The number of carbonyl (C=O) groups excluding carboxylic acids is 1. The van der Waals surface area contributed by atoms with E-state index in [1.54, 1.807) is 12.1 Å². The minimum atomic E-state index is -2.90. The number of halogens is 3. The minimum absolute atomic E-state index is 0.0903. The molecule has 1 fully saturated rings. The number of anilines is 1. The van der Waals surface area contributed by atoms with Gasteiger partial charge in [0, 0.05) is 24.4 Å². The van der Waals surface area contributed by atoms with Crippen LogP contribution < -0.4 is 5.32 Å². The summed E-state index contributed by atoms with van der Waals surface area (Å²) in [6.07, 6.45) is 2.53. The second-order valence-electron chi connectivity index (χ2n) is 4.65. The van der Waals surface area contributed by atoms with E-state index in [0.29, 0.717) is 11.3 Å². The molecule has 2 aromatic rings. The first kappa shape index (κ1) is 13.8. The van der Waals surface area contributed by atoms with Gasteiger partial charge in [0.25, 0.3) is 5.92 Å². The molecule has 3 rings (SSSR count). The third-order valence-corrected chi connectivity index (χ3v) is 3.26. The molecular formula is C13H9ClF2N4O. The van der Waals surface area contributed by atoms with Gasteiger partial charge in [0.15, 0.2) is 0 Å². The van der Waals surface area contributed by atoms with Crippen LogP contribution in [0.4, 0.5) is 14.6 Å². The van der Waals surface area contributed by atoms with Crippen molar-refractivity contribution in [3.05, 3.63) is 35.9 Å². The van der Waals surface area contributed by atoms with E-state index in [2.05, 4.69) is 20.3 Å². The number of nitrogens with zero attached hydrogens (tertiary/aromatic N) is 3. The van der Waals surface area contributed by atoms with Gasteiger partial charge in [0.1, 0.15) is 11.7 Å². The van der Waals surface area contributed by atoms with E-state index in [-0.39, 0.29) is 11.1 Å². The Labute approximate surface area is 123 Å². The second kappa shape index (κ2) is 5.00. The van der Waals surface area contributed by atoms with E-state index in [9.17, 15) is 13.6 Å². The van der Waals surface area contributed by atoms with Gasteiger partial charge in [0.2, 0.25) is 11.2 Å². The van der Waals surface area contributed by atoms with E-state index in [0.717, 1.165) is 0 Å². The molecule has 0 aliphatic heterocycles. The van der Waals surface area contributed by atoms with Crippen molar-refractivity contribution in [1.82, 2.24) is 15.0 Å². The molecule has 0 bridgehead atoms. The smallest absolute Gasteiger partial charge is 0.260 e. The van der Waals surface area contributed by atoms with E-state index < -0.39 is 24.2 Å². The monoisotopic (exact) mass is 310 g/mol. The third-order valence-electron chi connectivity index (χ3n) is 3.08. The van der Waals surface area contributed by atoms with Gasteiger partial charge in [-0.1, -0.05) is 0 Å². The van der Waals surface area contributed by atoms with Crippen molar-refractivity contribution in [3.8, 4) is 11.3 Å². The molecule has 108 valence electrons. The number of nitrogens with one attached hydrogen (secondary N) is 1. The molecule has 21 heavy (non-hydrogen) atoms. The summed E-state index contributed by atoms with van der Waals surface area (Å²) in [4.78, 5) is 23.3. The molecule has 1 atom stereocenters. The zero-order valence-electron chi connectivity index (χ0n) is 10.6. The SMILES string of the molecule is O=C(Nc1cc(-c2ccnc(Cl)n2)ccn1)C1CC1(F)F. The molecule has 0 radical (unpaired) electrons. The van der Waals surface area contributed by atoms with Crippen molar-refractivity contribution in [2.75, 3.05) is 5.32 Å². The molecule has 5 nitrogen and oxygen atoms in total. The van der Waals surface area contributed by atoms with Crippen molar-refractivity contribution in [1.29, 1.82) is 0 Å². The maximum atomic E-state index is 12.8. The number of amides is 1. The van der Waals surface area contributed by atoms with Gasteiger partial charge in [-0.15, -0.1) is 0 Å². The predicted molar refractivity (Wildman–Crippen MR) is 72.0 cm³/mol. The Bertz CT molecular complexity index is 710. The lowest BCUT2D eigenvalue weighted by atomic mass is 10.2. The molecule has 0 saturated heterocycles. The van der Waals surface area contributed by atoms with Crippen LogP contribution in [0.5, 0.6) is 0 Å². The molecule has 1 amide bonds. The highest BCUT2D eigenvalue weighted by molar-refractivity contribution is 6.28. The summed E-state index contributed by atoms with van der Waals surface area (Å²) in [5.74, 6) is -4.71. The fourth-order valence-electron chi connectivity index (χ4n) is 1.86. The second-order valence-corrected chi connectivity index (χ2v) is 4.99. The Kier molecular flexibility index (Phi) is 3.29. The van der Waals surface area contributed by atoms with Gasteiger partial charge in [-0.3, -0.25) is 4.79 Å². The molecule has 2 aromatic heterocycles. The molecule has 1 aliphatic rings. The Hall–Kier alpha value is -2.15. The van der Waals surface area contributed by atoms with Crippen LogP contribution in [-0.4, -0.2) is 26.8 Å². The first-order valence-electron chi connectivity index (χ1n) is 6.09. The quantitative estimate of drug-likeness (QED) is 0.885. The zero-order valence-corrected chi connectivity index (χ0v) is 11.3. The topological polar surface area (TPSA) is 67.8 Å². The summed E-state index contributed by atoms with van der Waals surface area (Å²) in [6, 6.07) is 4.85. The number of pyridine rings is 1. The van der Waals surface area contributed by atoms with Crippen LogP contribution >= 0.6 is 11.6 Å². The lowest BCUT2D eigenvalue weighted by molar-refractivity contribution is -0.119. The minimum Gasteiger partial charge on any atom is -0.310 e. The highest BCUT2D eigenvalue weighted by atomic mass is 35.5. The molecule has 0 aromatic carbocycles. The molecule has 1 saturated carbocycles. The molecule has 1 unspecified atom stereocenters. The highest BCUT2D eigenvalue weighted by Crippen LogP contribution is 2.49. The Morgan fingerprint density at radius 3 is 2.71 bits per heavy atom. The molecule has 8 heteroatoms. The Morgan fingerprint density at radius 1 is 1.33 bits per heavy atom. The van der Waals surface area contributed by atoms with Crippen LogP contribution in [0.15, 0.2) is 30.6 Å². The summed E-state index contributed by atoms with van der Waals surface area (Å²) in [5, 5.41) is 2.47. The number of carbonyl (C=O) groups is 1. The number of aromatic nitrogens is 3. The number of hydrogen-bond acceptors (Lipinski definition) is 4. The lowest BCUT2D eigenvalue weighted by Crippen LogP contribution is -2.18. The van der Waals surface area contributed by atoms with Crippen LogP contribution in [0.3, 0.4) is 0 Å². The molecule has 1 aliphatic carbocycles. The van der Waals surface area contributed by atoms with Crippen molar-refractivity contribution in [3.63, 3.8) is 0 Å². The van der Waals surface area contributed by atoms with Crippen molar-refractivity contribution in [2.45, 2.75) is 12.3 Å². The lowest BCUT2D eigenvalue weighted by Gasteiger charge is -2.06. The first-order chi connectivity index (χ1) is 9.95. The van der Waals surface area contributed by atoms with E-state index in [1.165, 1.54) is 18.5 Å². The van der Waals surface area contributed by atoms with Crippen molar-refractivity contribution < 1.29 is 13.6 Å². The van der Waals surface area contributed by atoms with Gasteiger partial charge in [-0.25, -0.2) is 23.7 Å². The summed E-state index contributed by atoms with van der Waals surface area (Å²) in [5.41, 5.74) is 1.19. The third kappa shape index (κ3) is 2.97. The van der Waals surface area contributed by atoms with E-state index in [1.807, 2.05) is 0 Å². The van der Waals surface area contributed by atoms with Gasteiger partial charge in [-0.2, -0.15) is 0 Å². The first-order valence-corrected chi connectivity index (χ1v) is 6.47. The summed E-state index contributed by atoms with van der Waals surface area (Å²) < 4.78 is 25.7. The maximum absolute atomic E-state index is 12.8. The maximum Gasteiger partial charge on any atom is 0.260 e. The molecular weight excluding hydrogens is 302 g/mol. The average molecular weight is 311 g/mol. The molecule has 1 N–H and O–H groups in total. The van der Waals surface area contributed by atoms with Crippen LogP contribution in [0.2, 0.25) is 5.28 Å². The van der Waals surface area contributed by atoms with E-state index >= 15 is 0 Å². The van der Waals surface area contributed by atoms with Gasteiger partial charge < -0.3 is 5.32 Å². The van der Waals surface area contributed by atoms with Crippen LogP contribution in [0.25, 0.3) is 11.3 Å². The van der Waals surface area contributed by atoms with Gasteiger partial charge in [0.05, 0.1) is 5.69 Å². The normalized spacial score (nSPS) is 19.1. The zero-order chi connectivity index (χ0) is 15.0. The summed E-state index contributed by atoms with van der Waals surface area (Å²) in [7, 11) is 0. The Balaban J connectivity index is 1.79. The average Bonchev–Trinajstić information content (AvgIpc) is 3.08. The largest absolute Gasteiger partial charge is 0.310 e. The highest BCUT2D eigenvalue weighted by Gasteiger charge is 2.61. The van der Waals surface area contributed by atoms with Crippen molar-refractivity contribution in [2.24, 2.45) is 5.92 Å². The number of hydrogen-bond donors (Lipinski definition) is 1. The van der Waals surface area contributed by atoms with E-state index in [4.69, 9.17) is 11.6 Å². The van der Waals surface area contributed by atoms with Crippen molar-refractivity contribution >= 4 is 23.3 Å². The molecule has 0 spiro atoms. The van der Waals surface area contributed by atoms with Gasteiger partial charge >= 0.3 is 0 Å². The number of rotatable bonds is 3. The molecule has 2 heterocycles. The summed E-state index contributed by atoms with van der Waals surface area (Å²) >= 11 is 5.71. The Morgan fingerprint density at radius 2 is 2.05 bits per heavy atom. The number of alkyl halides is 2.